The van der Waals surface area contributed by atoms with E-state index < -0.39 is 0 Å². The van der Waals surface area contributed by atoms with Crippen molar-refractivity contribution in [3.05, 3.63) is 0 Å². The summed E-state index contributed by atoms with van der Waals surface area (Å²) >= 11 is 0. The van der Waals surface area contributed by atoms with Crippen molar-refractivity contribution < 1.29 is 9.53 Å². The van der Waals surface area contributed by atoms with Crippen LogP contribution in [0.3, 0.4) is 0 Å². The first kappa shape index (κ1) is 11.0. The van der Waals surface area contributed by atoms with Gasteiger partial charge in [-0.3, -0.25) is 10.1 Å². The van der Waals surface area contributed by atoms with Crippen molar-refractivity contribution in [3.8, 4) is 0 Å². The maximum atomic E-state index is 11.4. The number of carbonyl (C=O) groups excluding carboxylic acids is 1. The fraction of sp³-hybridized carbons (Fsp3) is 0.750. The van der Waals surface area contributed by atoms with Crippen molar-refractivity contribution >= 4 is 11.9 Å². The molecule has 0 bridgehead atoms. The molecular formula is C8H14N6O2. The molecule has 8 heteroatoms. The molecule has 16 heavy (non-hydrogen) atoms. The summed E-state index contributed by atoms with van der Waals surface area (Å²) in [5.74, 6) is -0.0888. The minimum atomic E-state index is -0.277. The van der Waals surface area contributed by atoms with Crippen molar-refractivity contribution in [1.29, 1.82) is 0 Å². The van der Waals surface area contributed by atoms with E-state index in [-0.39, 0.29) is 24.1 Å². The summed E-state index contributed by atoms with van der Waals surface area (Å²) < 4.78 is 5.45. The fourth-order valence-corrected chi connectivity index (χ4v) is 1.31. The summed E-state index contributed by atoms with van der Waals surface area (Å²) in [5, 5.41) is 16.6. The highest BCUT2D eigenvalue weighted by Crippen LogP contribution is 2.14. The SMILES string of the molecule is Cn1nnc(NC(=O)COC2(C)CNC2)n1. The number of amides is 1. The standard InChI is InChI=1S/C8H14N6O2/c1-8(4-9-5-8)16-3-6(15)10-7-11-13-14(2)12-7/h9H,3-5H2,1-2H3,(H,10,12,15). The molecule has 1 aromatic rings. The van der Waals surface area contributed by atoms with Gasteiger partial charge in [0.25, 0.3) is 11.9 Å². The minimum Gasteiger partial charge on any atom is -0.363 e. The van der Waals surface area contributed by atoms with E-state index in [4.69, 9.17) is 4.74 Å². The van der Waals surface area contributed by atoms with Crippen LogP contribution in [0.25, 0.3) is 0 Å². The first-order valence-electron chi connectivity index (χ1n) is 4.96. The van der Waals surface area contributed by atoms with Gasteiger partial charge in [0, 0.05) is 13.1 Å². The molecule has 2 rings (SSSR count). The molecule has 1 aliphatic heterocycles. The molecule has 0 aliphatic carbocycles. The smallest absolute Gasteiger partial charge is 0.270 e. The molecule has 1 aliphatic rings. The highest BCUT2D eigenvalue weighted by molar-refractivity contribution is 5.89. The Balaban J connectivity index is 1.76. The Morgan fingerprint density at radius 3 is 2.94 bits per heavy atom. The second kappa shape index (κ2) is 4.14. The van der Waals surface area contributed by atoms with Crippen LogP contribution >= 0.6 is 0 Å². The number of aromatic nitrogens is 4. The molecule has 2 heterocycles. The fourth-order valence-electron chi connectivity index (χ4n) is 1.31. The van der Waals surface area contributed by atoms with E-state index in [9.17, 15) is 4.79 Å². The molecule has 0 saturated carbocycles. The molecule has 0 spiro atoms. The second-order valence-corrected chi connectivity index (χ2v) is 3.99. The third-order valence-electron chi connectivity index (χ3n) is 2.31. The number of nitrogens with one attached hydrogen (secondary N) is 2. The summed E-state index contributed by atoms with van der Waals surface area (Å²) in [6, 6.07) is 0. The molecule has 1 saturated heterocycles. The van der Waals surface area contributed by atoms with Crippen LogP contribution in [-0.4, -0.2) is 51.4 Å². The van der Waals surface area contributed by atoms with Crippen LogP contribution in [0.5, 0.6) is 0 Å². The van der Waals surface area contributed by atoms with Crippen molar-refractivity contribution in [2.24, 2.45) is 7.05 Å². The normalized spacial score (nSPS) is 17.9. The molecular weight excluding hydrogens is 212 g/mol. The molecule has 88 valence electrons. The van der Waals surface area contributed by atoms with Gasteiger partial charge < -0.3 is 10.1 Å². The van der Waals surface area contributed by atoms with Crippen LogP contribution in [-0.2, 0) is 16.6 Å². The molecule has 1 amide bonds. The highest BCUT2D eigenvalue weighted by Gasteiger charge is 2.33. The van der Waals surface area contributed by atoms with Crippen LogP contribution in [0, 0.1) is 0 Å². The molecule has 1 aromatic heterocycles. The van der Waals surface area contributed by atoms with Gasteiger partial charge in [0.05, 0.1) is 12.6 Å². The first-order valence-corrected chi connectivity index (χ1v) is 4.96. The van der Waals surface area contributed by atoms with Gasteiger partial charge in [0.1, 0.15) is 6.61 Å². The average Bonchev–Trinajstić information content (AvgIpc) is 2.58. The van der Waals surface area contributed by atoms with Gasteiger partial charge in [-0.25, -0.2) is 0 Å². The molecule has 0 aromatic carbocycles. The monoisotopic (exact) mass is 226 g/mol. The largest absolute Gasteiger partial charge is 0.363 e. The van der Waals surface area contributed by atoms with E-state index >= 15 is 0 Å². The zero-order valence-electron chi connectivity index (χ0n) is 9.23. The van der Waals surface area contributed by atoms with Gasteiger partial charge in [-0.15, -0.1) is 5.10 Å². The Bertz CT molecular complexity index is 386. The third kappa shape index (κ3) is 2.52. The maximum Gasteiger partial charge on any atom is 0.270 e. The van der Waals surface area contributed by atoms with Crippen LogP contribution < -0.4 is 10.6 Å². The summed E-state index contributed by atoms with van der Waals surface area (Å²) in [6.07, 6.45) is 0. The quantitative estimate of drug-likeness (QED) is 0.650. The molecule has 0 atom stereocenters. The van der Waals surface area contributed by atoms with E-state index in [1.165, 1.54) is 4.80 Å². The van der Waals surface area contributed by atoms with Gasteiger partial charge in [0.2, 0.25) is 0 Å². The van der Waals surface area contributed by atoms with Crippen molar-refractivity contribution in [3.63, 3.8) is 0 Å². The zero-order valence-corrected chi connectivity index (χ0v) is 9.23. The maximum absolute atomic E-state index is 11.4. The van der Waals surface area contributed by atoms with E-state index in [1.54, 1.807) is 7.05 Å². The molecule has 2 N–H and O–H groups in total. The van der Waals surface area contributed by atoms with Crippen molar-refractivity contribution in [1.82, 2.24) is 25.5 Å². The number of anilines is 1. The number of aryl methyl sites for hydroxylation is 1. The van der Waals surface area contributed by atoms with Crippen molar-refractivity contribution in [2.45, 2.75) is 12.5 Å². The lowest BCUT2D eigenvalue weighted by Gasteiger charge is -2.38. The summed E-state index contributed by atoms with van der Waals surface area (Å²) in [4.78, 5) is 12.7. The lowest BCUT2D eigenvalue weighted by atomic mass is 10.0. The van der Waals surface area contributed by atoms with E-state index in [1.807, 2.05) is 6.92 Å². The lowest BCUT2D eigenvalue weighted by Crippen LogP contribution is -2.59. The Hall–Kier alpha value is -1.54. The number of hydrogen-bond acceptors (Lipinski definition) is 6. The zero-order chi connectivity index (χ0) is 11.6. The van der Waals surface area contributed by atoms with Gasteiger partial charge in [-0.2, -0.15) is 4.80 Å². The topological polar surface area (TPSA) is 94.0 Å². The Morgan fingerprint density at radius 2 is 2.44 bits per heavy atom. The molecule has 1 fully saturated rings. The second-order valence-electron chi connectivity index (χ2n) is 3.99. The molecule has 0 radical (unpaired) electrons. The van der Waals surface area contributed by atoms with Crippen LogP contribution in [0.15, 0.2) is 0 Å². The summed E-state index contributed by atoms with van der Waals surface area (Å²) in [7, 11) is 1.63. The van der Waals surface area contributed by atoms with Crippen LogP contribution in [0.2, 0.25) is 0 Å². The van der Waals surface area contributed by atoms with Gasteiger partial charge in [-0.1, -0.05) is 5.10 Å². The average molecular weight is 226 g/mol. The van der Waals surface area contributed by atoms with Gasteiger partial charge in [0.15, 0.2) is 0 Å². The predicted molar refractivity (Wildman–Crippen MR) is 54.7 cm³/mol. The Kier molecular flexibility index (Phi) is 2.84. The number of ether oxygens (including phenoxy) is 1. The van der Waals surface area contributed by atoms with E-state index in [0.29, 0.717) is 0 Å². The van der Waals surface area contributed by atoms with Crippen LogP contribution in [0.4, 0.5) is 5.95 Å². The molecule has 8 nitrogen and oxygen atoms in total. The van der Waals surface area contributed by atoms with E-state index in [2.05, 4.69) is 26.0 Å². The van der Waals surface area contributed by atoms with Crippen LogP contribution in [0.1, 0.15) is 6.92 Å². The number of nitrogens with zero attached hydrogens (tertiary/aromatic N) is 4. The predicted octanol–water partition coefficient (Wildman–Crippen LogP) is -1.47. The number of hydrogen-bond donors (Lipinski definition) is 2. The van der Waals surface area contributed by atoms with Crippen molar-refractivity contribution in [2.75, 3.05) is 25.0 Å². The van der Waals surface area contributed by atoms with E-state index in [0.717, 1.165) is 13.1 Å². The molecule has 0 unspecified atom stereocenters. The lowest BCUT2D eigenvalue weighted by molar-refractivity contribution is -0.130. The third-order valence-corrected chi connectivity index (χ3v) is 2.31. The number of rotatable bonds is 4. The highest BCUT2D eigenvalue weighted by atomic mass is 16.5. The summed E-state index contributed by atoms with van der Waals surface area (Å²) in [6.45, 7) is 3.49. The van der Waals surface area contributed by atoms with Gasteiger partial charge in [-0.05, 0) is 12.1 Å². The number of tetrazole rings is 1. The summed E-state index contributed by atoms with van der Waals surface area (Å²) in [5.41, 5.74) is -0.229. The number of carbonyl (C=O) groups is 1. The minimum absolute atomic E-state index is 0.00354. The van der Waals surface area contributed by atoms with Gasteiger partial charge >= 0.3 is 0 Å². The Labute approximate surface area is 92.3 Å². The first-order chi connectivity index (χ1) is 7.57. The Morgan fingerprint density at radius 1 is 1.69 bits per heavy atom.